The Labute approximate surface area is 170 Å². The van der Waals surface area contributed by atoms with E-state index in [1.807, 2.05) is 24.1 Å². The molecule has 1 aromatic carbocycles. The van der Waals surface area contributed by atoms with Crippen molar-refractivity contribution in [2.75, 3.05) is 14.2 Å². The molecule has 29 heavy (non-hydrogen) atoms. The van der Waals surface area contributed by atoms with Crippen molar-refractivity contribution in [2.24, 2.45) is 5.92 Å². The third-order valence-corrected chi connectivity index (χ3v) is 6.74. The maximum Gasteiger partial charge on any atom is 0.257 e. The van der Waals surface area contributed by atoms with Crippen LogP contribution in [0.3, 0.4) is 0 Å². The lowest BCUT2D eigenvalue weighted by Gasteiger charge is -2.47. The average Bonchev–Trinajstić information content (AvgIpc) is 3.39. The van der Waals surface area contributed by atoms with Crippen molar-refractivity contribution in [1.29, 1.82) is 0 Å². The fraction of sp³-hybridized carbons (Fsp3) is 0.391. The van der Waals surface area contributed by atoms with E-state index < -0.39 is 5.66 Å². The molecule has 0 spiro atoms. The molecule has 4 atom stereocenters. The van der Waals surface area contributed by atoms with E-state index in [9.17, 15) is 4.79 Å². The van der Waals surface area contributed by atoms with Crippen LogP contribution in [0.4, 0.5) is 0 Å². The summed E-state index contributed by atoms with van der Waals surface area (Å²) in [4.78, 5) is 19.2. The molecule has 2 heterocycles. The van der Waals surface area contributed by atoms with Crippen molar-refractivity contribution in [3.63, 3.8) is 0 Å². The Morgan fingerprint density at radius 2 is 2.10 bits per heavy atom. The number of aromatic nitrogens is 1. The molecule has 3 aliphatic rings. The number of nitrogens with one attached hydrogen (secondary N) is 1. The molecule has 5 rings (SSSR count). The van der Waals surface area contributed by atoms with E-state index in [0.717, 1.165) is 17.7 Å². The zero-order valence-corrected chi connectivity index (χ0v) is 16.9. The lowest BCUT2D eigenvalue weighted by molar-refractivity contribution is -0.134. The minimum absolute atomic E-state index is 0.0338. The molecule has 2 aromatic rings. The Hall–Kier alpha value is -2.86. The summed E-state index contributed by atoms with van der Waals surface area (Å²) in [5.74, 6) is 1.51. The Bertz CT molecular complexity index is 996. The molecule has 1 amide bonds. The molecule has 1 fully saturated rings. The molecule has 1 aromatic heterocycles. The van der Waals surface area contributed by atoms with Gasteiger partial charge in [0.25, 0.3) is 5.91 Å². The van der Waals surface area contributed by atoms with Crippen molar-refractivity contribution < 1.29 is 13.9 Å². The summed E-state index contributed by atoms with van der Waals surface area (Å²) < 4.78 is 11.2. The molecule has 0 radical (unpaired) electrons. The largest absolute Gasteiger partial charge is 0.444 e. The maximum absolute atomic E-state index is 13.4. The predicted molar refractivity (Wildman–Crippen MR) is 109 cm³/mol. The van der Waals surface area contributed by atoms with Crippen molar-refractivity contribution >= 4 is 11.5 Å². The molecule has 0 bridgehead atoms. The fourth-order valence-corrected chi connectivity index (χ4v) is 4.86. The molecule has 6 nitrogen and oxygen atoms in total. The number of likely N-dealkylation sites (N-methyl/N-ethyl adjacent to an activating group) is 1. The summed E-state index contributed by atoms with van der Waals surface area (Å²) in [5, 5.41) is 3.72. The third kappa shape index (κ3) is 2.82. The smallest absolute Gasteiger partial charge is 0.257 e. The van der Waals surface area contributed by atoms with Crippen LogP contribution in [0.5, 0.6) is 0 Å². The van der Waals surface area contributed by atoms with E-state index in [4.69, 9.17) is 9.15 Å². The highest BCUT2D eigenvalue weighted by Gasteiger charge is 2.56. The zero-order chi connectivity index (χ0) is 20.2. The van der Waals surface area contributed by atoms with Crippen LogP contribution < -0.4 is 5.32 Å². The first-order valence-electron chi connectivity index (χ1n) is 10.0. The molecule has 4 unspecified atom stereocenters. The molecule has 1 aliphatic heterocycles. The number of nitrogens with zero attached hydrogens (tertiary/aromatic N) is 2. The van der Waals surface area contributed by atoms with Crippen molar-refractivity contribution in [3.05, 3.63) is 71.6 Å². The van der Waals surface area contributed by atoms with Gasteiger partial charge < -0.3 is 19.4 Å². The van der Waals surface area contributed by atoms with Crippen LogP contribution >= 0.6 is 0 Å². The van der Waals surface area contributed by atoms with Gasteiger partial charge in [-0.25, -0.2) is 4.98 Å². The van der Waals surface area contributed by atoms with Gasteiger partial charge >= 0.3 is 0 Å². The first kappa shape index (κ1) is 18.2. The Morgan fingerprint density at radius 3 is 2.79 bits per heavy atom. The Balaban J connectivity index is 1.48. The molecule has 2 aliphatic carbocycles. The zero-order valence-electron chi connectivity index (χ0n) is 16.9. The number of methoxy groups -OCH3 is 1. The number of ether oxygens (including phenoxy) is 1. The lowest BCUT2D eigenvalue weighted by Crippen LogP contribution is -2.63. The highest BCUT2D eigenvalue weighted by atomic mass is 16.5. The second-order valence-corrected chi connectivity index (χ2v) is 8.28. The molecular formula is C23H25N3O3. The van der Waals surface area contributed by atoms with Gasteiger partial charge in [-0.3, -0.25) is 4.79 Å². The van der Waals surface area contributed by atoms with E-state index in [0.29, 0.717) is 29.6 Å². The first-order chi connectivity index (χ1) is 14.0. The van der Waals surface area contributed by atoms with Crippen molar-refractivity contribution in [3.8, 4) is 0 Å². The van der Waals surface area contributed by atoms with Gasteiger partial charge in [-0.15, -0.1) is 0 Å². The number of carbonyl (C=O) groups excluding carboxylic acids is 1. The SMILES string of the molecule is COC1CC2=C(C=C1c1cnco1)C(=O)N(C)C(C)(C1CC1c1ccccc1)N2. The van der Waals surface area contributed by atoms with Gasteiger partial charge in [0.15, 0.2) is 12.2 Å². The molecular weight excluding hydrogens is 366 g/mol. The van der Waals surface area contributed by atoms with Gasteiger partial charge in [-0.05, 0) is 30.9 Å². The predicted octanol–water partition coefficient (Wildman–Crippen LogP) is 3.31. The summed E-state index contributed by atoms with van der Waals surface area (Å²) in [6.07, 6.45) is 6.44. The van der Waals surface area contributed by atoms with Crippen LogP contribution in [-0.2, 0) is 9.53 Å². The standard InChI is InChI=1S/C23H25N3O3/c1-23(18-10-15(18)14-7-5-4-6-8-14)25-19-11-20(28-3)17(21-12-24-13-29-21)9-16(19)22(27)26(23)2/h4-9,12-13,15,18,20,25H,10-11H2,1-3H3. The summed E-state index contributed by atoms with van der Waals surface area (Å²) in [7, 11) is 3.58. The fourth-order valence-electron chi connectivity index (χ4n) is 4.86. The topological polar surface area (TPSA) is 67.6 Å². The quantitative estimate of drug-likeness (QED) is 0.866. The molecule has 0 saturated heterocycles. The second kappa shape index (κ2) is 6.59. The second-order valence-electron chi connectivity index (χ2n) is 8.28. The molecule has 1 N–H and O–H groups in total. The molecule has 1 saturated carbocycles. The van der Waals surface area contributed by atoms with Gasteiger partial charge in [0.05, 0.1) is 17.9 Å². The van der Waals surface area contributed by atoms with Crippen molar-refractivity contribution in [1.82, 2.24) is 15.2 Å². The van der Waals surface area contributed by atoms with Crippen LogP contribution in [0.25, 0.3) is 5.57 Å². The minimum Gasteiger partial charge on any atom is -0.444 e. The minimum atomic E-state index is -0.424. The number of rotatable bonds is 4. The average molecular weight is 391 g/mol. The van der Waals surface area contributed by atoms with Crippen LogP contribution in [0, 0.1) is 5.92 Å². The lowest BCUT2D eigenvalue weighted by atomic mass is 9.87. The van der Waals surface area contributed by atoms with Gasteiger partial charge in [-0.1, -0.05) is 30.3 Å². The summed E-state index contributed by atoms with van der Waals surface area (Å²) in [6.45, 7) is 2.14. The van der Waals surface area contributed by atoms with E-state index in [1.165, 1.54) is 12.0 Å². The Morgan fingerprint density at radius 1 is 1.31 bits per heavy atom. The van der Waals surface area contributed by atoms with Gasteiger partial charge in [0, 0.05) is 37.8 Å². The highest BCUT2D eigenvalue weighted by molar-refractivity contribution is 6.01. The van der Waals surface area contributed by atoms with Crippen LogP contribution in [0.15, 0.2) is 64.7 Å². The van der Waals surface area contributed by atoms with E-state index in [1.54, 1.807) is 13.3 Å². The summed E-state index contributed by atoms with van der Waals surface area (Å²) >= 11 is 0. The van der Waals surface area contributed by atoms with Crippen LogP contribution in [0.1, 0.15) is 37.0 Å². The van der Waals surface area contributed by atoms with Gasteiger partial charge in [0.2, 0.25) is 0 Å². The van der Waals surface area contributed by atoms with E-state index >= 15 is 0 Å². The normalized spacial score (nSPS) is 31.3. The van der Waals surface area contributed by atoms with Crippen LogP contribution in [0.2, 0.25) is 0 Å². The number of benzene rings is 1. The number of oxazole rings is 1. The number of hydrogen-bond acceptors (Lipinski definition) is 5. The molecule has 150 valence electrons. The third-order valence-electron chi connectivity index (χ3n) is 6.74. The summed E-state index contributed by atoms with van der Waals surface area (Å²) in [6, 6.07) is 10.6. The van der Waals surface area contributed by atoms with Crippen molar-refractivity contribution in [2.45, 2.75) is 37.5 Å². The summed E-state index contributed by atoms with van der Waals surface area (Å²) in [5.41, 5.74) is 3.40. The van der Waals surface area contributed by atoms with E-state index in [-0.39, 0.29) is 12.0 Å². The first-order valence-corrected chi connectivity index (χ1v) is 10.0. The molecule has 6 heteroatoms. The monoisotopic (exact) mass is 391 g/mol. The Kier molecular flexibility index (Phi) is 4.13. The number of hydrogen-bond donors (Lipinski definition) is 1. The number of amides is 1. The maximum atomic E-state index is 13.4. The highest BCUT2D eigenvalue weighted by Crippen LogP contribution is 2.55. The van der Waals surface area contributed by atoms with Gasteiger partial charge in [0.1, 0.15) is 5.66 Å². The van der Waals surface area contributed by atoms with Gasteiger partial charge in [-0.2, -0.15) is 0 Å². The number of carbonyl (C=O) groups is 1. The van der Waals surface area contributed by atoms with Crippen LogP contribution in [-0.4, -0.2) is 41.7 Å². The van der Waals surface area contributed by atoms with E-state index in [2.05, 4.69) is 41.5 Å².